The summed E-state index contributed by atoms with van der Waals surface area (Å²) in [6, 6.07) is 3.79. The van der Waals surface area contributed by atoms with Crippen molar-refractivity contribution in [2.45, 2.75) is 32.1 Å². The molecule has 0 radical (unpaired) electrons. The minimum atomic E-state index is -1.02. The fourth-order valence-electron chi connectivity index (χ4n) is 2.70. The van der Waals surface area contributed by atoms with Crippen molar-refractivity contribution in [3.8, 4) is 0 Å². The van der Waals surface area contributed by atoms with Crippen LogP contribution >= 0.6 is 0 Å². The molecule has 0 N–H and O–H groups in total. The molecule has 2 fully saturated rings. The van der Waals surface area contributed by atoms with E-state index in [1.54, 1.807) is 0 Å². The quantitative estimate of drug-likeness (QED) is 0.682. The van der Waals surface area contributed by atoms with Gasteiger partial charge in [-0.15, -0.1) is 0 Å². The van der Waals surface area contributed by atoms with Crippen LogP contribution in [0.15, 0.2) is 18.2 Å². The van der Waals surface area contributed by atoms with Crippen LogP contribution in [-0.2, 0) is 0 Å². The smallest absolute Gasteiger partial charge is 0.169 e. The first-order valence-electron chi connectivity index (χ1n) is 7.83. The fourth-order valence-corrected chi connectivity index (χ4v) is 2.70. The van der Waals surface area contributed by atoms with Crippen molar-refractivity contribution < 1.29 is 13.6 Å². The van der Waals surface area contributed by atoms with E-state index in [1.165, 1.54) is 37.8 Å². The number of carbonyl (C=O) groups is 1. The number of hydrogen-bond acceptors (Lipinski definition) is 2. The third-order valence-electron chi connectivity index (χ3n) is 4.33. The van der Waals surface area contributed by atoms with Crippen LogP contribution in [0.2, 0.25) is 0 Å². The van der Waals surface area contributed by atoms with Gasteiger partial charge in [0.25, 0.3) is 0 Å². The third-order valence-corrected chi connectivity index (χ3v) is 4.33. The lowest BCUT2D eigenvalue weighted by atomic mass is 10.1. The van der Waals surface area contributed by atoms with Gasteiger partial charge in [0.2, 0.25) is 0 Å². The molecule has 3 rings (SSSR count). The van der Waals surface area contributed by atoms with Crippen LogP contribution < -0.4 is 0 Å². The van der Waals surface area contributed by atoms with E-state index in [4.69, 9.17) is 0 Å². The number of ketones is 1. The monoisotopic (exact) mass is 293 g/mol. The normalized spacial score (nSPS) is 18.2. The van der Waals surface area contributed by atoms with E-state index in [2.05, 4.69) is 4.90 Å². The summed E-state index contributed by atoms with van der Waals surface area (Å²) in [4.78, 5) is 14.4. The maximum Gasteiger partial charge on any atom is 0.169 e. The van der Waals surface area contributed by atoms with Crippen LogP contribution in [0.3, 0.4) is 0 Å². The Bertz CT molecular complexity index is 510. The van der Waals surface area contributed by atoms with Crippen molar-refractivity contribution >= 4 is 5.78 Å². The molecule has 0 amide bonds. The average Bonchev–Trinajstić information content (AvgIpc) is 3.35. The second-order valence-electron chi connectivity index (χ2n) is 6.42. The summed E-state index contributed by atoms with van der Waals surface area (Å²) in [6.45, 7) is 2.76. The molecule has 4 heteroatoms. The molecule has 0 unspecified atom stereocenters. The first-order chi connectivity index (χ1) is 10.1. The molecule has 0 spiro atoms. The lowest BCUT2D eigenvalue weighted by Gasteiger charge is -2.21. The Morgan fingerprint density at radius 3 is 2.29 bits per heavy atom. The first-order valence-corrected chi connectivity index (χ1v) is 7.83. The van der Waals surface area contributed by atoms with Gasteiger partial charge in [-0.25, -0.2) is 8.78 Å². The Balaban J connectivity index is 1.56. The lowest BCUT2D eigenvalue weighted by Crippen LogP contribution is -2.30. The molecule has 1 aromatic carbocycles. The van der Waals surface area contributed by atoms with Crippen molar-refractivity contribution in [3.63, 3.8) is 0 Å². The molecule has 1 aromatic rings. The van der Waals surface area contributed by atoms with Crippen LogP contribution in [0.25, 0.3) is 0 Å². The maximum atomic E-state index is 13.6. The highest BCUT2D eigenvalue weighted by molar-refractivity contribution is 5.96. The summed E-state index contributed by atoms with van der Waals surface area (Å²) >= 11 is 0. The van der Waals surface area contributed by atoms with E-state index in [-0.39, 0.29) is 17.8 Å². The van der Waals surface area contributed by atoms with Crippen molar-refractivity contribution in [1.29, 1.82) is 0 Å². The Hall–Kier alpha value is -1.29. The van der Waals surface area contributed by atoms with E-state index < -0.39 is 11.6 Å². The van der Waals surface area contributed by atoms with Crippen molar-refractivity contribution in [3.05, 3.63) is 35.4 Å². The molecule has 0 aromatic heterocycles. The van der Waals surface area contributed by atoms with Crippen molar-refractivity contribution in [1.82, 2.24) is 4.90 Å². The van der Waals surface area contributed by atoms with Gasteiger partial charge < -0.3 is 4.90 Å². The zero-order chi connectivity index (χ0) is 14.8. The lowest BCUT2D eigenvalue weighted by molar-refractivity contribution is 0.0956. The van der Waals surface area contributed by atoms with Crippen LogP contribution in [-0.4, -0.2) is 30.3 Å². The van der Waals surface area contributed by atoms with Gasteiger partial charge in [0.15, 0.2) is 17.4 Å². The molecule has 2 nitrogen and oxygen atoms in total. The molecule has 21 heavy (non-hydrogen) atoms. The van der Waals surface area contributed by atoms with Gasteiger partial charge in [0.1, 0.15) is 0 Å². The van der Waals surface area contributed by atoms with E-state index >= 15 is 0 Å². The summed E-state index contributed by atoms with van der Waals surface area (Å²) < 4.78 is 26.8. The third kappa shape index (κ3) is 4.10. The van der Waals surface area contributed by atoms with Crippen LogP contribution in [0.5, 0.6) is 0 Å². The average molecular weight is 293 g/mol. The molecule has 0 aliphatic heterocycles. The van der Waals surface area contributed by atoms with Gasteiger partial charge in [0.05, 0.1) is 5.56 Å². The number of hydrogen-bond donors (Lipinski definition) is 0. The van der Waals surface area contributed by atoms with E-state index in [1.807, 2.05) is 0 Å². The Labute approximate surface area is 124 Å². The van der Waals surface area contributed by atoms with Crippen molar-refractivity contribution in [2.24, 2.45) is 11.8 Å². The minimum Gasteiger partial charge on any atom is -0.302 e. The fraction of sp³-hybridized carbons (Fsp3) is 0.588. The standard InChI is InChI=1S/C17H21F2NO/c18-15-3-1-2-14(17(15)19)16(21)8-9-20(10-12-4-5-12)11-13-6-7-13/h1-3,12-13H,4-11H2. The minimum absolute atomic E-state index is 0.118. The molecular formula is C17H21F2NO. The molecule has 0 saturated heterocycles. The Kier molecular flexibility index (Phi) is 4.34. The number of nitrogens with zero attached hydrogens (tertiary/aromatic N) is 1. The van der Waals surface area contributed by atoms with E-state index in [0.717, 1.165) is 31.0 Å². The number of benzene rings is 1. The summed E-state index contributed by atoms with van der Waals surface area (Å²) in [5, 5.41) is 0. The van der Waals surface area contributed by atoms with Gasteiger partial charge in [-0.05, 0) is 49.7 Å². The molecule has 2 saturated carbocycles. The van der Waals surface area contributed by atoms with Crippen LogP contribution in [0.4, 0.5) is 8.78 Å². The molecule has 114 valence electrons. The Morgan fingerprint density at radius 1 is 1.10 bits per heavy atom. The van der Waals surface area contributed by atoms with Crippen molar-refractivity contribution in [2.75, 3.05) is 19.6 Å². The Morgan fingerprint density at radius 2 is 1.71 bits per heavy atom. The summed E-state index contributed by atoms with van der Waals surface area (Å²) in [5.41, 5.74) is -0.118. The second-order valence-corrected chi connectivity index (χ2v) is 6.42. The first kappa shape index (κ1) is 14.6. The largest absolute Gasteiger partial charge is 0.302 e. The van der Waals surface area contributed by atoms with Gasteiger partial charge in [-0.2, -0.15) is 0 Å². The topological polar surface area (TPSA) is 20.3 Å². The second kappa shape index (κ2) is 6.22. The number of halogens is 2. The highest BCUT2D eigenvalue weighted by atomic mass is 19.2. The number of carbonyl (C=O) groups excluding carboxylic acids is 1. The zero-order valence-corrected chi connectivity index (χ0v) is 12.2. The van der Waals surface area contributed by atoms with Crippen LogP contribution in [0.1, 0.15) is 42.5 Å². The van der Waals surface area contributed by atoms with Gasteiger partial charge in [-0.3, -0.25) is 4.79 Å². The highest BCUT2D eigenvalue weighted by Crippen LogP contribution is 2.33. The van der Waals surface area contributed by atoms with Gasteiger partial charge in [-0.1, -0.05) is 6.07 Å². The van der Waals surface area contributed by atoms with Gasteiger partial charge in [0, 0.05) is 26.1 Å². The molecular weight excluding hydrogens is 272 g/mol. The summed E-state index contributed by atoms with van der Waals surface area (Å²) in [7, 11) is 0. The highest BCUT2D eigenvalue weighted by Gasteiger charge is 2.29. The van der Waals surface area contributed by atoms with E-state index in [9.17, 15) is 13.6 Å². The predicted octanol–water partition coefficient (Wildman–Crippen LogP) is 3.66. The summed E-state index contributed by atoms with van der Waals surface area (Å²) in [6.07, 6.45) is 5.41. The SMILES string of the molecule is O=C(CCN(CC1CC1)CC1CC1)c1cccc(F)c1F. The maximum absolute atomic E-state index is 13.6. The van der Waals surface area contributed by atoms with Gasteiger partial charge >= 0.3 is 0 Å². The molecule has 0 heterocycles. The molecule has 2 aliphatic carbocycles. The van der Waals surface area contributed by atoms with E-state index in [0.29, 0.717) is 6.54 Å². The summed E-state index contributed by atoms with van der Waals surface area (Å²) in [5.74, 6) is -0.704. The predicted molar refractivity (Wildman–Crippen MR) is 77.2 cm³/mol. The number of rotatable bonds is 8. The molecule has 0 bridgehead atoms. The van der Waals surface area contributed by atoms with Crippen LogP contribution in [0, 0.1) is 23.5 Å². The number of Topliss-reactive ketones (excluding diaryl/α,β-unsaturated/α-hetero) is 1. The molecule has 2 aliphatic rings. The zero-order valence-electron chi connectivity index (χ0n) is 12.2. The molecule has 0 atom stereocenters.